The molecule has 1 aromatic heterocycles. The number of anilines is 1. The first kappa shape index (κ1) is 23.3. The van der Waals surface area contributed by atoms with Crippen LogP contribution in [0, 0.1) is 34.5 Å². The van der Waals surface area contributed by atoms with Crippen molar-refractivity contribution in [2.75, 3.05) is 19.5 Å². The minimum absolute atomic E-state index is 0.0336. The van der Waals surface area contributed by atoms with Gasteiger partial charge in [-0.2, -0.15) is 5.10 Å². The monoisotopic (exact) mass is 458 g/mol. The second kappa shape index (κ2) is 7.79. The topological polar surface area (TPSA) is 116 Å². The van der Waals surface area contributed by atoms with Gasteiger partial charge >= 0.3 is 0 Å². The Morgan fingerprint density at radius 3 is 2.67 bits per heavy atom. The third kappa shape index (κ3) is 3.49. The molecule has 184 valence electrons. The van der Waals surface area contributed by atoms with Gasteiger partial charge in [-0.05, 0) is 86.4 Å². The van der Waals surface area contributed by atoms with Crippen LogP contribution in [0.1, 0.15) is 71.6 Å². The van der Waals surface area contributed by atoms with Gasteiger partial charge in [0.25, 0.3) is 0 Å². The van der Waals surface area contributed by atoms with Crippen molar-refractivity contribution < 1.29 is 14.6 Å². The molecule has 0 aliphatic heterocycles. The highest BCUT2D eigenvalue weighted by atomic mass is 16.5. The normalized spacial score (nSPS) is 46.9. The summed E-state index contributed by atoms with van der Waals surface area (Å²) in [7, 11) is 1.66. The van der Waals surface area contributed by atoms with E-state index < -0.39 is 5.60 Å². The van der Waals surface area contributed by atoms with Gasteiger partial charge in [0.1, 0.15) is 0 Å². The Bertz CT molecular complexity index is 919. The molecule has 0 saturated heterocycles. The quantitative estimate of drug-likeness (QED) is 0.624. The number of rotatable bonds is 5. The number of aliphatic hydroxyl groups is 1. The van der Waals surface area contributed by atoms with E-state index in [9.17, 15) is 9.90 Å². The predicted octanol–water partition coefficient (Wildman–Crippen LogP) is 3.15. The third-order valence-corrected chi connectivity index (χ3v) is 10.8. The van der Waals surface area contributed by atoms with Crippen LogP contribution in [0.2, 0.25) is 0 Å². The van der Waals surface area contributed by atoms with Gasteiger partial charge in [0.2, 0.25) is 0 Å². The minimum atomic E-state index is -0.806. The van der Waals surface area contributed by atoms with Gasteiger partial charge in [-0.15, -0.1) is 0 Å². The fraction of sp³-hybridized carbons (Fsp3) is 0.846. The summed E-state index contributed by atoms with van der Waals surface area (Å²) in [6.45, 7) is 5.47. The molecule has 7 nitrogen and oxygen atoms in total. The zero-order chi connectivity index (χ0) is 23.6. The lowest BCUT2D eigenvalue weighted by molar-refractivity contribution is -0.173. The van der Waals surface area contributed by atoms with Crippen LogP contribution in [-0.2, 0) is 16.1 Å². The summed E-state index contributed by atoms with van der Waals surface area (Å²) in [5.74, 6) is 2.18. The Labute approximate surface area is 197 Å². The lowest BCUT2D eigenvalue weighted by Gasteiger charge is -2.66. The smallest absolute Gasteiger partial charge is 0.157 e. The maximum absolute atomic E-state index is 13.4. The number of carbonyl (C=O) groups excluding carboxylic acids is 1. The number of hydrogen-bond acceptors (Lipinski definition) is 6. The summed E-state index contributed by atoms with van der Waals surface area (Å²) >= 11 is 0. The number of nitrogens with zero attached hydrogens (tertiary/aromatic N) is 2. The average molecular weight is 459 g/mol. The number of Topliss-reactive ketones (excluding diaryl/α,β-unsaturated/α-hetero) is 1. The van der Waals surface area contributed by atoms with Gasteiger partial charge in [-0.1, -0.05) is 13.8 Å². The third-order valence-electron chi connectivity index (χ3n) is 10.8. The molecule has 1 aromatic rings. The highest BCUT2D eigenvalue weighted by Gasteiger charge is 2.65. The van der Waals surface area contributed by atoms with Gasteiger partial charge in [-0.25, -0.2) is 0 Å². The van der Waals surface area contributed by atoms with Gasteiger partial charge in [-0.3, -0.25) is 9.48 Å². The van der Waals surface area contributed by atoms with Crippen LogP contribution in [-0.4, -0.2) is 45.5 Å². The van der Waals surface area contributed by atoms with E-state index in [-0.39, 0.29) is 22.3 Å². The second-order valence-electron chi connectivity index (χ2n) is 12.4. The molecule has 4 aliphatic rings. The van der Waals surface area contributed by atoms with Crippen molar-refractivity contribution in [2.45, 2.75) is 89.3 Å². The van der Waals surface area contributed by atoms with Crippen LogP contribution >= 0.6 is 0 Å². The first-order chi connectivity index (χ1) is 15.5. The summed E-state index contributed by atoms with van der Waals surface area (Å²) in [4.78, 5) is 13.4. The molecule has 0 unspecified atom stereocenters. The molecule has 5 rings (SSSR count). The fourth-order valence-corrected chi connectivity index (χ4v) is 9.11. The lowest BCUT2D eigenvalue weighted by atomic mass is 9.41. The molecule has 1 heterocycles. The SMILES string of the molecule is COC[C@@]1(O)CC[C@]2(C)[C@H]3CC[C@]4(C)[C@@H](C(=O)Cn5cc(N)cn5)CC[C@H]4[C@@H]3CC[C@@]2(N)C1. The van der Waals surface area contributed by atoms with Crippen LogP contribution in [0.25, 0.3) is 0 Å². The van der Waals surface area contributed by atoms with Crippen molar-refractivity contribution in [1.82, 2.24) is 9.78 Å². The molecule has 0 aromatic carbocycles. The zero-order valence-corrected chi connectivity index (χ0v) is 20.6. The van der Waals surface area contributed by atoms with Crippen molar-refractivity contribution >= 4 is 11.5 Å². The molecular weight excluding hydrogens is 416 g/mol. The van der Waals surface area contributed by atoms with Crippen LogP contribution < -0.4 is 11.5 Å². The number of ether oxygens (including phenoxy) is 1. The number of aromatic nitrogens is 2. The maximum Gasteiger partial charge on any atom is 0.157 e. The van der Waals surface area contributed by atoms with E-state index in [0.29, 0.717) is 48.8 Å². The van der Waals surface area contributed by atoms with E-state index >= 15 is 0 Å². The van der Waals surface area contributed by atoms with Gasteiger partial charge < -0.3 is 21.3 Å². The number of ketones is 1. The number of nitrogens with two attached hydrogens (primary N) is 2. The molecule has 0 radical (unpaired) electrons. The molecule has 4 fully saturated rings. The van der Waals surface area contributed by atoms with Crippen LogP contribution in [0.5, 0.6) is 0 Å². The summed E-state index contributed by atoms with van der Waals surface area (Å²) in [6, 6.07) is 0. The largest absolute Gasteiger partial charge is 0.396 e. The average Bonchev–Trinajstić information content (AvgIpc) is 3.31. The fourth-order valence-electron chi connectivity index (χ4n) is 9.11. The minimum Gasteiger partial charge on any atom is -0.396 e. The van der Waals surface area contributed by atoms with Crippen molar-refractivity contribution in [3.05, 3.63) is 12.4 Å². The van der Waals surface area contributed by atoms with Crippen LogP contribution in [0.15, 0.2) is 12.4 Å². The van der Waals surface area contributed by atoms with Crippen molar-refractivity contribution in [1.29, 1.82) is 0 Å². The maximum atomic E-state index is 13.4. The Kier molecular flexibility index (Phi) is 5.50. The van der Waals surface area contributed by atoms with Crippen LogP contribution in [0.4, 0.5) is 5.69 Å². The number of hydrogen-bond donors (Lipinski definition) is 3. The summed E-state index contributed by atoms with van der Waals surface area (Å²) in [5, 5.41) is 15.4. The lowest BCUT2D eigenvalue weighted by Crippen LogP contribution is -2.69. The highest BCUT2D eigenvalue weighted by molar-refractivity contribution is 5.82. The van der Waals surface area contributed by atoms with Gasteiger partial charge in [0, 0.05) is 24.8 Å². The molecule has 33 heavy (non-hydrogen) atoms. The number of methoxy groups -OCH3 is 1. The van der Waals surface area contributed by atoms with E-state index in [1.807, 2.05) is 0 Å². The number of nitrogen functional groups attached to an aromatic ring is 1. The van der Waals surface area contributed by atoms with E-state index in [0.717, 1.165) is 51.4 Å². The van der Waals surface area contributed by atoms with E-state index in [2.05, 4.69) is 18.9 Å². The Morgan fingerprint density at radius 2 is 1.97 bits per heavy atom. The number of carbonyl (C=O) groups is 1. The summed E-state index contributed by atoms with van der Waals surface area (Å²) < 4.78 is 7.03. The Balaban J connectivity index is 1.35. The Hall–Kier alpha value is -1.44. The first-order valence-electron chi connectivity index (χ1n) is 12.8. The molecular formula is C26H42N4O3. The molecule has 7 heteroatoms. The van der Waals surface area contributed by atoms with Crippen LogP contribution in [0.3, 0.4) is 0 Å². The van der Waals surface area contributed by atoms with Crippen molar-refractivity contribution in [3.63, 3.8) is 0 Å². The summed E-state index contributed by atoms with van der Waals surface area (Å²) in [6.07, 6.45) is 12.1. The highest BCUT2D eigenvalue weighted by Crippen LogP contribution is 2.68. The zero-order valence-electron chi connectivity index (χ0n) is 20.6. The van der Waals surface area contributed by atoms with Crippen molar-refractivity contribution in [3.8, 4) is 0 Å². The molecule has 0 amide bonds. The first-order valence-corrected chi connectivity index (χ1v) is 12.8. The summed E-state index contributed by atoms with van der Waals surface area (Å²) in [5.41, 5.74) is 12.5. The molecule has 5 N–H and O–H groups in total. The van der Waals surface area contributed by atoms with E-state index in [1.54, 1.807) is 24.2 Å². The van der Waals surface area contributed by atoms with Gasteiger partial charge in [0.05, 0.1) is 30.6 Å². The van der Waals surface area contributed by atoms with Crippen molar-refractivity contribution in [2.24, 2.45) is 40.2 Å². The Morgan fingerprint density at radius 1 is 1.18 bits per heavy atom. The van der Waals surface area contributed by atoms with Gasteiger partial charge in [0.15, 0.2) is 5.78 Å². The molecule has 4 saturated carbocycles. The van der Waals surface area contributed by atoms with E-state index in [4.69, 9.17) is 16.2 Å². The van der Waals surface area contributed by atoms with E-state index in [1.165, 1.54) is 0 Å². The molecule has 8 atom stereocenters. The second-order valence-corrected chi connectivity index (χ2v) is 12.4. The predicted molar refractivity (Wildman–Crippen MR) is 127 cm³/mol. The standard InChI is InChI=1S/C26H42N4O3/c1-23-8-7-20-18(6-9-26(28)15-25(32,16-33-3)11-10-24(20,26)2)19(23)4-5-21(23)22(31)14-30-13-17(27)12-29-30/h12-13,18-21,32H,4-11,14-16,27-28H2,1-3H3/t18-,19-,20-,21+,23-,24+,25+,26+/m0/s1. The number of fused-ring (bicyclic) bond motifs is 5. The molecule has 0 spiro atoms. The molecule has 0 bridgehead atoms. The molecule has 4 aliphatic carbocycles.